The van der Waals surface area contributed by atoms with E-state index in [4.69, 9.17) is 5.11 Å². The molecule has 0 aromatic heterocycles. The first kappa shape index (κ1) is 9.28. The molecule has 1 aromatic carbocycles. The molecular formula is C12H15NO. The van der Waals surface area contributed by atoms with Crippen molar-refractivity contribution in [3.05, 3.63) is 35.9 Å². The Morgan fingerprint density at radius 1 is 1.57 bits per heavy atom. The highest BCUT2D eigenvalue weighted by atomic mass is 16.3. The largest absolute Gasteiger partial charge is 0.394 e. The number of para-hydroxylation sites is 1. The van der Waals surface area contributed by atoms with Crippen LogP contribution in [-0.4, -0.2) is 17.8 Å². The van der Waals surface area contributed by atoms with E-state index in [1.54, 1.807) is 0 Å². The Kier molecular flexibility index (Phi) is 2.55. The van der Waals surface area contributed by atoms with Crippen molar-refractivity contribution in [3.8, 4) is 0 Å². The van der Waals surface area contributed by atoms with Crippen LogP contribution < -0.4 is 5.32 Å². The SMILES string of the molecule is C=Cc1cccc2c1N[C@H](CO)CC2. The van der Waals surface area contributed by atoms with Gasteiger partial charge in [0.2, 0.25) is 0 Å². The maximum atomic E-state index is 9.09. The summed E-state index contributed by atoms with van der Waals surface area (Å²) in [6, 6.07) is 6.42. The molecule has 1 atom stereocenters. The molecule has 1 aliphatic heterocycles. The van der Waals surface area contributed by atoms with Gasteiger partial charge in [-0.2, -0.15) is 0 Å². The van der Waals surface area contributed by atoms with Gasteiger partial charge in [0.15, 0.2) is 0 Å². The fourth-order valence-corrected chi connectivity index (χ4v) is 1.92. The van der Waals surface area contributed by atoms with E-state index >= 15 is 0 Å². The summed E-state index contributed by atoms with van der Waals surface area (Å²) >= 11 is 0. The number of hydrogen-bond acceptors (Lipinski definition) is 2. The predicted octanol–water partition coefficient (Wildman–Crippen LogP) is 2.05. The average molecular weight is 189 g/mol. The van der Waals surface area contributed by atoms with Crippen molar-refractivity contribution >= 4 is 11.8 Å². The molecule has 2 rings (SSSR count). The normalized spacial score (nSPS) is 19.6. The lowest BCUT2D eigenvalue weighted by Gasteiger charge is -2.27. The minimum atomic E-state index is 0.198. The van der Waals surface area contributed by atoms with Gasteiger partial charge in [-0.15, -0.1) is 0 Å². The van der Waals surface area contributed by atoms with Crippen molar-refractivity contribution in [1.82, 2.24) is 0 Å². The van der Waals surface area contributed by atoms with Crippen LogP contribution in [0.1, 0.15) is 17.5 Å². The number of aliphatic hydroxyl groups is 1. The molecule has 0 aliphatic carbocycles. The molecule has 0 saturated heterocycles. The molecule has 0 radical (unpaired) electrons. The minimum Gasteiger partial charge on any atom is -0.394 e. The van der Waals surface area contributed by atoms with E-state index in [0.717, 1.165) is 24.1 Å². The Morgan fingerprint density at radius 3 is 3.14 bits per heavy atom. The lowest BCUT2D eigenvalue weighted by atomic mass is 9.95. The van der Waals surface area contributed by atoms with Crippen LogP contribution in [-0.2, 0) is 6.42 Å². The van der Waals surface area contributed by atoms with E-state index in [1.165, 1.54) is 5.56 Å². The Labute approximate surface area is 84.3 Å². The van der Waals surface area contributed by atoms with Crippen LogP contribution in [0.15, 0.2) is 24.8 Å². The van der Waals surface area contributed by atoms with Gasteiger partial charge in [0, 0.05) is 11.7 Å². The molecule has 0 fully saturated rings. The van der Waals surface area contributed by atoms with Crippen LogP contribution in [0.2, 0.25) is 0 Å². The number of aryl methyl sites for hydroxylation is 1. The van der Waals surface area contributed by atoms with Crippen molar-refractivity contribution in [1.29, 1.82) is 0 Å². The lowest BCUT2D eigenvalue weighted by molar-refractivity contribution is 0.267. The molecule has 74 valence electrons. The predicted molar refractivity (Wildman–Crippen MR) is 59.4 cm³/mol. The summed E-state index contributed by atoms with van der Waals surface area (Å²) in [7, 11) is 0. The molecule has 0 saturated carbocycles. The van der Waals surface area contributed by atoms with Crippen molar-refractivity contribution in [3.63, 3.8) is 0 Å². The van der Waals surface area contributed by atoms with E-state index in [0.29, 0.717) is 0 Å². The van der Waals surface area contributed by atoms with Crippen molar-refractivity contribution in [2.45, 2.75) is 18.9 Å². The summed E-state index contributed by atoms with van der Waals surface area (Å²) in [4.78, 5) is 0. The zero-order valence-electron chi connectivity index (χ0n) is 8.16. The molecule has 2 nitrogen and oxygen atoms in total. The van der Waals surface area contributed by atoms with Gasteiger partial charge in [-0.25, -0.2) is 0 Å². The third kappa shape index (κ3) is 1.53. The lowest BCUT2D eigenvalue weighted by Crippen LogP contribution is -2.29. The summed E-state index contributed by atoms with van der Waals surface area (Å²) in [6.07, 6.45) is 3.89. The first-order valence-corrected chi connectivity index (χ1v) is 4.97. The van der Waals surface area contributed by atoms with Gasteiger partial charge >= 0.3 is 0 Å². The second kappa shape index (κ2) is 3.84. The van der Waals surface area contributed by atoms with Crippen molar-refractivity contribution < 1.29 is 5.11 Å². The molecule has 2 heteroatoms. The molecule has 0 spiro atoms. The fraction of sp³-hybridized carbons (Fsp3) is 0.333. The number of hydrogen-bond donors (Lipinski definition) is 2. The van der Waals surface area contributed by atoms with E-state index in [9.17, 15) is 0 Å². The third-order valence-electron chi connectivity index (χ3n) is 2.73. The quantitative estimate of drug-likeness (QED) is 0.746. The van der Waals surface area contributed by atoms with Gasteiger partial charge in [-0.3, -0.25) is 0 Å². The van der Waals surface area contributed by atoms with Crippen molar-refractivity contribution in [2.24, 2.45) is 0 Å². The molecular weight excluding hydrogens is 174 g/mol. The highest BCUT2D eigenvalue weighted by molar-refractivity contribution is 5.70. The number of nitrogens with one attached hydrogen (secondary N) is 1. The van der Waals surface area contributed by atoms with E-state index in [-0.39, 0.29) is 12.6 Å². The molecule has 1 heterocycles. The summed E-state index contributed by atoms with van der Waals surface area (Å²) in [5, 5.41) is 12.4. The first-order chi connectivity index (χ1) is 6.85. The Bertz CT molecular complexity index is 346. The molecule has 0 bridgehead atoms. The zero-order valence-corrected chi connectivity index (χ0v) is 8.16. The molecule has 1 aliphatic rings. The highest BCUT2D eigenvalue weighted by Gasteiger charge is 2.17. The van der Waals surface area contributed by atoms with Gasteiger partial charge in [0.25, 0.3) is 0 Å². The first-order valence-electron chi connectivity index (χ1n) is 4.97. The Hall–Kier alpha value is -1.28. The molecule has 2 N–H and O–H groups in total. The fourth-order valence-electron chi connectivity index (χ4n) is 1.92. The van der Waals surface area contributed by atoms with Crippen LogP contribution in [0.5, 0.6) is 0 Å². The van der Waals surface area contributed by atoms with Gasteiger partial charge in [0.05, 0.1) is 6.61 Å². The van der Waals surface area contributed by atoms with Crippen LogP contribution >= 0.6 is 0 Å². The maximum absolute atomic E-state index is 9.09. The smallest absolute Gasteiger partial charge is 0.0632 e. The van der Waals surface area contributed by atoms with Gasteiger partial charge in [-0.1, -0.05) is 30.9 Å². The summed E-state index contributed by atoms with van der Waals surface area (Å²) in [6.45, 7) is 3.99. The standard InChI is InChI=1S/C12H15NO/c1-2-9-4-3-5-10-6-7-11(8-14)13-12(9)10/h2-5,11,13-14H,1,6-8H2/t11-/m0/s1. The van der Waals surface area contributed by atoms with E-state index in [1.807, 2.05) is 12.1 Å². The second-order valence-electron chi connectivity index (χ2n) is 3.65. The van der Waals surface area contributed by atoms with E-state index < -0.39 is 0 Å². The highest BCUT2D eigenvalue weighted by Crippen LogP contribution is 2.28. The molecule has 1 aromatic rings. The summed E-state index contributed by atoms with van der Waals surface area (Å²) in [5.41, 5.74) is 3.60. The number of benzene rings is 1. The van der Waals surface area contributed by atoms with Crippen molar-refractivity contribution in [2.75, 3.05) is 11.9 Å². The third-order valence-corrected chi connectivity index (χ3v) is 2.73. The van der Waals surface area contributed by atoms with Gasteiger partial charge < -0.3 is 10.4 Å². The molecule has 0 unspecified atom stereocenters. The zero-order chi connectivity index (χ0) is 9.97. The number of rotatable bonds is 2. The second-order valence-corrected chi connectivity index (χ2v) is 3.65. The summed E-state index contributed by atoms with van der Waals surface area (Å²) in [5.74, 6) is 0. The number of fused-ring (bicyclic) bond motifs is 1. The summed E-state index contributed by atoms with van der Waals surface area (Å²) < 4.78 is 0. The monoisotopic (exact) mass is 189 g/mol. The minimum absolute atomic E-state index is 0.198. The Morgan fingerprint density at radius 2 is 2.43 bits per heavy atom. The van der Waals surface area contributed by atoms with Crippen LogP contribution in [0.25, 0.3) is 6.08 Å². The van der Waals surface area contributed by atoms with Gasteiger partial charge in [-0.05, 0) is 24.0 Å². The Balaban J connectivity index is 2.37. The van der Waals surface area contributed by atoms with Gasteiger partial charge in [0.1, 0.15) is 0 Å². The number of anilines is 1. The molecule has 14 heavy (non-hydrogen) atoms. The van der Waals surface area contributed by atoms with Crippen LogP contribution in [0, 0.1) is 0 Å². The average Bonchev–Trinajstić information content (AvgIpc) is 2.27. The number of aliphatic hydroxyl groups excluding tert-OH is 1. The topological polar surface area (TPSA) is 32.3 Å². The van der Waals surface area contributed by atoms with E-state index in [2.05, 4.69) is 24.0 Å². The maximum Gasteiger partial charge on any atom is 0.0632 e. The van der Waals surface area contributed by atoms with Crippen LogP contribution in [0.4, 0.5) is 5.69 Å². The van der Waals surface area contributed by atoms with Crippen LogP contribution in [0.3, 0.4) is 0 Å². The molecule has 0 amide bonds.